The first-order valence-corrected chi connectivity index (χ1v) is 8.58. The third kappa shape index (κ3) is 3.25. The molecule has 3 aromatic rings. The van der Waals surface area contributed by atoms with Crippen LogP contribution in [-0.4, -0.2) is 9.97 Å². The lowest BCUT2D eigenvalue weighted by Crippen LogP contribution is -1.93. The Balaban J connectivity index is 2.12. The summed E-state index contributed by atoms with van der Waals surface area (Å²) < 4.78 is 0.970. The molecular weight excluding hydrogens is 414 g/mol. The fourth-order valence-corrected chi connectivity index (χ4v) is 3.99. The summed E-state index contributed by atoms with van der Waals surface area (Å²) in [5, 5.41) is 3.16. The lowest BCUT2D eigenvalue weighted by Gasteiger charge is -2.08. The molecule has 0 saturated carbocycles. The van der Waals surface area contributed by atoms with Crippen LogP contribution in [0.3, 0.4) is 0 Å². The molecule has 2 nitrogen and oxygen atoms in total. The van der Waals surface area contributed by atoms with E-state index in [1.165, 1.54) is 11.3 Å². The Morgan fingerprint density at radius 1 is 1.00 bits per heavy atom. The molecule has 21 heavy (non-hydrogen) atoms. The zero-order valence-electron chi connectivity index (χ0n) is 10.3. The van der Waals surface area contributed by atoms with Gasteiger partial charge in [-0.3, -0.25) is 0 Å². The topological polar surface area (TPSA) is 25.8 Å². The normalized spacial score (nSPS) is 10.9. The lowest BCUT2D eigenvalue weighted by molar-refractivity contribution is 1.19. The van der Waals surface area contributed by atoms with Crippen molar-refractivity contribution in [2.75, 3.05) is 0 Å². The van der Waals surface area contributed by atoms with Crippen LogP contribution in [0.4, 0.5) is 0 Å². The van der Waals surface area contributed by atoms with Crippen molar-refractivity contribution in [3.63, 3.8) is 0 Å². The summed E-state index contributed by atoms with van der Waals surface area (Å²) in [6, 6.07) is 9.18. The molecule has 0 radical (unpaired) electrons. The largest absolute Gasteiger partial charge is 0.215 e. The maximum absolute atomic E-state index is 6.29. The molecule has 3 rings (SSSR count). The maximum Gasteiger partial charge on any atom is 0.172 e. The standard InChI is InChI=1S/C14H6BrCl3N2S/c15-8-5-10(21-6-8)14-19-12(17)11(13(18)20-14)7-2-1-3-9(16)4-7/h1-6H. The molecule has 0 unspecified atom stereocenters. The van der Waals surface area contributed by atoms with Crippen molar-refractivity contribution >= 4 is 62.1 Å². The highest BCUT2D eigenvalue weighted by atomic mass is 79.9. The van der Waals surface area contributed by atoms with E-state index in [1.807, 2.05) is 23.6 Å². The van der Waals surface area contributed by atoms with Crippen molar-refractivity contribution in [3.05, 3.63) is 55.5 Å². The monoisotopic (exact) mass is 418 g/mol. The van der Waals surface area contributed by atoms with Gasteiger partial charge < -0.3 is 0 Å². The van der Waals surface area contributed by atoms with Crippen LogP contribution in [0.15, 0.2) is 40.2 Å². The highest BCUT2D eigenvalue weighted by Crippen LogP contribution is 2.36. The second-order valence-corrected chi connectivity index (χ2v) is 7.12. The van der Waals surface area contributed by atoms with E-state index in [-0.39, 0.29) is 0 Å². The van der Waals surface area contributed by atoms with Crippen molar-refractivity contribution in [2.45, 2.75) is 0 Å². The molecule has 0 spiro atoms. The number of thiophene rings is 1. The number of benzene rings is 1. The van der Waals surface area contributed by atoms with Crippen LogP contribution in [0.1, 0.15) is 0 Å². The molecule has 106 valence electrons. The molecule has 0 N–H and O–H groups in total. The minimum absolute atomic E-state index is 0.303. The van der Waals surface area contributed by atoms with Crippen LogP contribution in [0.25, 0.3) is 21.8 Å². The number of nitrogens with zero attached hydrogens (tertiary/aromatic N) is 2. The smallest absolute Gasteiger partial charge is 0.172 e. The number of hydrogen-bond donors (Lipinski definition) is 0. The van der Waals surface area contributed by atoms with Gasteiger partial charge in [0.15, 0.2) is 5.82 Å². The summed E-state index contributed by atoms with van der Waals surface area (Å²) in [6.07, 6.45) is 0. The Morgan fingerprint density at radius 3 is 2.29 bits per heavy atom. The first kappa shape index (κ1) is 15.3. The summed E-state index contributed by atoms with van der Waals surface area (Å²) in [7, 11) is 0. The molecule has 0 aliphatic heterocycles. The third-order valence-electron chi connectivity index (χ3n) is 2.72. The summed E-state index contributed by atoms with van der Waals surface area (Å²) >= 11 is 23.5. The third-order valence-corrected chi connectivity index (χ3v) is 5.19. The van der Waals surface area contributed by atoms with Crippen LogP contribution >= 0.6 is 62.1 Å². The van der Waals surface area contributed by atoms with E-state index >= 15 is 0 Å². The van der Waals surface area contributed by atoms with E-state index in [0.717, 1.165) is 14.9 Å². The first-order chi connectivity index (χ1) is 10.0. The van der Waals surface area contributed by atoms with Crippen LogP contribution in [0.2, 0.25) is 15.3 Å². The molecular formula is C14H6BrCl3N2S. The zero-order valence-corrected chi connectivity index (χ0v) is 14.9. The predicted octanol–water partition coefficient (Wildman–Crippen LogP) is 6.59. The molecule has 7 heteroatoms. The highest BCUT2D eigenvalue weighted by Gasteiger charge is 2.15. The summed E-state index contributed by atoms with van der Waals surface area (Å²) in [6.45, 7) is 0. The molecule has 2 aromatic heterocycles. The average molecular weight is 421 g/mol. The predicted molar refractivity (Wildman–Crippen MR) is 93.5 cm³/mol. The van der Waals surface area contributed by atoms with E-state index < -0.39 is 0 Å². The quantitative estimate of drug-likeness (QED) is 0.437. The van der Waals surface area contributed by atoms with Crippen molar-refractivity contribution in [2.24, 2.45) is 0 Å². The molecule has 1 aromatic carbocycles. The number of aromatic nitrogens is 2. The van der Waals surface area contributed by atoms with E-state index in [9.17, 15) is 0 Å². The van der Waals surface area contributed by atoms with Gasteiger partial charge in [0.25, 0.3) is 0 Å². The zero-order chi connectivity index (χ0) is 15.0. The average Bonchev–Trinajstić information content (AvgIpc) is 2.85. The molecule has 0 fully saturated rings. The second-order valence-electron chi connectivity index (χ2n) is 4.14. The highest BCUT2D eigenvalue weighted by molar-refractivity contribution is 9.10. The molecule has 0 atom stereocenters. The summed E-state index contributed by atoms with van der Waals surface area (Å²) in [4.78, 5) is 9.57. The molecule has 0 amide bonds. The maximum atomic E-state index is 6.29. The van der Waals surface area contributed by atoms with Gasteiger partial charge >= 0.3 is 0 Å². The number of rotatable bonds is 2. The molecule has 0 aliphatic rings. The van der Waals surface area contributed by atoms with Gasteiger partial charge in [-0.2, -0.15) is 0 Å². The Morgan fingerprint density at radius 2 is 1.71 bits per heavy atom. The van der Waals surface area contributed by atoms with Gasteiger partial charge in [-0.25, -0.2) is 9.97 Å². The summed E-state index contributed by atoms with van der Waals surface area (Å²) in [5.41, 5.74) is 1.37. The molecule has 2 heterocycles. The van der Waals surface area contributed by atoms with E-state index in [4.69, 9.17) is 34.8 Å². The van der Waals surface area contributed by atoms with Gasteiger partial charge in [-0.05, 0) is 39.7 Å². The Bertz CT molecular complexity index is 796. The molecule has 0 saturated heterocycles. The minimum Gasteiger partial charge on any atom is -0.215 e. The van der Waals surface area contributed by atoms with Gasteiger partial charge in [-0.15, -0.1) is 11.3 Å². The SMILES string of the molecule is Clc1cccc(-c2c(Cl)nc(-c3cc(Br)cs3)nc2Cl)c1. The van der Waals surface area contributed by atoms with Crippen molar-refractivity contribution in [1.82, 2.24) is 9.97 Å². The van der Waals surface area contributed by atoms with Crippen LogP contribution < -0.4 is 0 Å². The Hall–Kier alpha value is -0.650. The van der Waals surface area contributed by atoms with Crippen LogP contribution in [0, 0.1) is 0 Å². The van der Waals surface area contributed by atoms with Crippen molar-refractivity contribution in [3.8, 4) is 21.8 Å². The Kier molecular flexibility index (Phi) is 4.52. The number of hydrogen-bond acceptors (Lipinski definition) is 3. The fourth-order valence-electron chi connectivity index (χ4n) is 1.83. The van der Waals surface area contributed by atoms with Crippen LogP contribution in [0.5, 0.6) is 0 Å². The van der Waals surface area contributed by atoms with Crippen molar-refractivity contribution < 1.29 is 0 Å². The van der Waals surface area contributed by atoms with E-state index in [0.29, 0.717) is 26.7 Å². The van der Waals surface area contributed by atoms with Gasteiger partial charge in [0.2, 0.25) is 0 Å². The van der Waals surface area contributed by atoms with Gasteiger partial charge in [0.05, 0.1) is 10.4 Å². The van der Waals surface area contributed by atoms with Gasteiger partial charge in [-0.1, -0.05) is 46.9 Å². The fraction of sp³-hybridized carbons (Fsp3) is 0. The van der Waals surface area contributed by atoms with Gasteiger partial charge in [0, 0.05) is 14.9 Å². The van der Waals surface area contributed by atoms with E-state index in [1.54, 1.807) is 12.1 Å². The minimum atomic E-state index is 0.303. The van der Waals surface area contributed by atoms with Gasteiger partial charge in [0.1, 0.15) is 10.3 Å². The first-order valence-electron chi connectivity index (χ1n) is 5.78. The Labute approximate surface area is 148 Å². The van der Waals surface area contributed by atoms with Crippen LogP contribution in [-0.2, 0) is 0 Å². The second kappa shape index (κ2) is 6.23. The summed E-state index contributed by atoms with van der Waals surface area (Å²) in [5.74, 6) is 0.506. The number of halogens is 4. The molecule has 0 bridgehead atoms. The molecule has 0 aliphatic carbocycles. The van der Waals surface area contributed by atoms with Crippen molar-refractivity contribution in [1.29, 1.82) is 0 Å². The lowest BCUT2D eigenvalue weighted by atomic mass is 10.1. The van der Waals surface area contributed by atoms with E-state index in [2.05, 4.69) is 25.9 Å².